The van der Waals surface area contributed by atoms with Gasteiger partial charge in [0, 0.05) is 24.1 Å². The first-order valence-corrected chi connectivity index (χ1v) is 12.4. The molecule has 34 heavy (non-hydrogen) atoms. The monoisotopic (exact) mass is 483 g/mol. The van der Waals surface area contributed by atoms with Crippen molar-refractivity contribution in [2.45, 2.75) is 30.7 Å². The fraction of sp³-hybridized carbons (Fsp3) is 0.250. The summed E-state index contributed by atoms with van der Waals surface area (Å²) in [7, 11) is -3.34. The number of hydrogen-bond acceptors (Lipinski definition) is 6. The molecule has 0 saturated carbocycles. The molecule has 0 aliphatic carbocycles. The lowest BCUT2D eigenvalue weighted by Gasteiger charge is -2.14. The maximum absolute atomic E-state index is 12.6. The predicted molar refractivity (Wildman–Crippen MR) is 128 cm³/mol. The number of rotatable bonds is 10. The molecule has 1 amide bonds. The second-order valence-electron chi connectivity index (χ2n) is 7.88. The maximum Gasteiger partial charge on any atom is 0.326 e. The lowest BCUT2D eigenvalue weighted by Crippen LogP contribution is -2.42. The van der Waals surface area contributed by atoms with E-state index in [4.69, 9.17) is 0 Å². The van der Waals surface area contributed by atoms with E-state index >= 15 is 0 Å². The van der Waals surface area contributed by atoms with Crippen molar-refractivity contribution in [2.75, 3.05) is 12.8 Å². The number of sulfone groups is 1. The number of hydrogen-bond donors (Lipinski definition) is 2. The Morgan fingerprint density at radius 2 is 1.74 bits per heavy atom. The molecule has 0 bridgehead atoms. The highest BCUT2D eigenvalue weighted by Crippen LogP contribution is 2.30. The van der Waals surface area contributed by atoms with Crippen molar-refractivity contribution >= 4 is 21.7 Å². The van der Waals surface area contributed by atoms with Crippen molar-refractivity contribution in [3.63, 3.8) is 0 Å². The zero-order valence-electron chi connectivity index (χ0n) is 18.8. The minimum atomic E-state index is -3.34. The van der Waals surface area contributed by atoms with Crippen LogP contribution >= 0.6 is 0 Å². The van der Waals surface area contributed by atoms with Crippen LogP contribution in [0.2, 0.25) is 0 Å². The highest BCUT2D eigenvalue weighted by Gasteiger charge is 2.22. The van der Waals surface area contributed by atoms with Crippen LogP contribution in [0.1, 0.15) is 17.7 Å². The van der Waals surface area contributed by atoms with Crippen LogP contribution in [0.25, 0.3) is 16.9 Å². The average Bonchev–Trinajstić information content (AvgIpc) is 3.12. The summed E-state index contributed by atoms with van der Waals surface area (Å²) in [5.41, 5.74) is 3.83. The third-order valence-corrected chi connectivity index (χ3v) is 6.57. The molecular formula is C24H25N3O6S. The van der Waals surface area contributed by atoms with Gasteiger partial charge in [0.15, 0.2) is 9.84 Å². The molecule has 9 nitrogen and oxygen atoms in total. The van der Waals surface area contributed by atoms with Crippen LogP contribution in [-0.2, 0) is 25.8 Å². The number of benzene rings is 2. The molecule has 1 unspecified atom stereocenters. The van der Waals surface area contributed by atoms with E-state index in [-0.39, 0.29) is 24.3 Å². The summed E-state index contributed by atoms with van der Waals surface area (Å²) < 4.78 is 25.6. The molecule has 0 spiro atoms. The predicted octanol–water partition coefficient (Wildman–Crippen LogP) is 3.12. The summed E-state index contributed by atoms with van der Waals surface area (Å²) in [6.45, 7) is 1.64. The van der Waals surface area contributed by atoms with E-state index in [1.54, 1.807) is 12.1 Å². The minimum Gasteiger partial charge on any atom is -0.480 e. The summed E-state index contributed by atoms with van der Waals surface area (Å²) in [5.74, 6) is -1.73. The number of carbonyl (C=O) groups excluding carboxylic acids is 1. The van der Waals surface area contributed by atoms with Gasteiger partial charge in [-0.3, -0.25) is 4.79 Å². The molecule has 1 aromatic heterocycles. The van der Waals surface area contributed by atoms with Gasteiger partial charge in [0.05, 0.1) is 23.6 Å². The topological polar surface area (TPSA) is 135 Å². The molecule has 3 aromatic rings. The molecule has 2 aromatic carbocycles. The van der Waals surface area contributed by atoms with Crippen LogP contribution < -0.4 is 5.32 Å². The van der Waals surface area contributed by atoms with E-state index in [0.29, 0.717) is 5.56 Å². The Kier molecular flexibility index (Phi) is 7.62. The molecule has 1 atom stereocenters. The number of carbonyl (C=O) groups is 2. The number of nitrogens with one attached hydrogen (secondary N) is 1. The van der Waals surface area contributed by atoms with Crippen molar-refractivity contribution < 1.29 is 23.1 Å². The molecule has 178 valence electrons. The molecule has 3 rings (SSSR count). The van der Waals surface area contributed by atoms with Crippen molar-refractivity contribution in [1.82, 2.24) is 9.88 Å². The van der Waals surface area contributed by atoms with Crippen LogP contribution in [-0.4, -0.2) is 48.8 Å². The van der Waals surface area contributed by atoms with Gasteiger partial charge in [0.25, 0.3) is 0 Å². The molecule has 0 saturated heterocycles. The largest absolute Gasteiger partial charge is 0.480 e. The van der Waals surface area contributed by atoms with Gasteiger partial charge >= 0.3 is 5.97 Å². The van der Waals surface area contributed by atoms with Gasteiger partial charge in [-0.15, -0.1) is 0 Å². The number of aromatic nitrogens is 1. The number of nitrogens with zero attached hydrogens (tertiary/aromatic N) is 2. The van der Waals surface area contributed by atoms with Gasteiger partial charge in [-0.25, -0.2) is 13.2 Å². The summed E-state index contributed by atoms with van der Waals surface area (Å²) >= 11 is 0. The van der Waals surface area contributed by atoms with Crippen molar-refractivity contribution in [3.8, 4) is 16.9 Å². The Hall–Kier alpha value is -3.79. The average molecular weight is 484 g/mol. The van der Waals surface area contributed by atoms with E-state index in [0.717, 1.165) is 28.9 Å². The van der Waals surface area contributed by atoms with Crippen LogP contribution in [0.4, 0.5) is 0 Å². The van der Waals surface area contributed by atoms with Gasteiger partial charge in [-0.1, -0.05) is 35.5 Å². The molecule has 10 heteroatoms. The van der Waals surface area contributed by atoms with Gasteiger partial charge in [0.2, 0.25) is 5.91 Å². The quantitative estimate of drug-likeness (QED) is 0.426. The SMILES string of the molecule is Cc1c(CC(=O)NC(CCN=O)C(=O)O)cc(-c2ccc(S(C)(=O)=O)cc2)n1-c1ccccc1. The van der Waals surface area contributed by atoms with E-state index in [2.05, 4.69) is 10.5 Å². The molecular weight excluding hydrogens is 458 g/mol. The van der Waals surface area contributed by atoms with Crippen molar-refractivity contribution in [1.29, 1.82) is 0 Å². The van der Waals surface area contributed by atoms with Gasteiger partial charge in [-0.2, -0.15) is 4.91 Å². The molecule has 0 aliphatic heterocycles. The first-order chi connectivity index (χ1) is 16.1. The summed E-state index contributed by atoms with van der Waals surface area (Å²) in [4.78, 5) is 34.6. The van der Waals surface area contributed by atoms with Crippen molar-refractivity contribution in [2.24, 2.45) is 5.18 Å². The number of amides is 1. The molecule has 0 aliphatic rings. The third kappa shape index (κ3) is 5.76. The van der Waals surface area contributed by atoms with Crippen LogP contribution in [0.15, 0.2) is 70.7 Å². The number of aliphatic carboxylic acids is 1. The standard InChI is InChI=1S/C24H25N3O6S/c1-16-18(15-23(28)26-21(24(29)30)12-13-25-31)14-22(27(16)19-6-4-3-5-7-19)17-8-10-20(11-9-17)34(2,32)33/h3-11,14,21H,12-13,15H2,1-2H3,(H,26,28)(H,29,30). The molecule has 0 fully saturated rings. The number of carboxylic acids is 1. The Morgan fingerprint density at radius 1 is 1.09 bits per heavy atom. The first kappa shape index (κ1) is 24.8. The molecule has 1 heterocycles. The fourth-order valence-corrected chi connectivity index (χ4v) is 4.32. The Labute approximate surface area is 197 Å². The summed E-state index contributed by atoms with van der Waals surface area (Å²) in [5, 5.41) is 14.4. The third-order valence-electron chi connectivity index (χ3n) is 5.44. The number of para-hydroxylation sites is 1. The van der Waals surface area contributed by atoms with E-state index < -0.39 is 27.8 Å². The Morgan fingerprint density at radius 3 is 2.29 bits per heavy atom. The van der Waals surface area contributed by atoms with E-state index in [1.165, 1.54) is 12.1 Å². The highest BCUT2D eigenvalue weighted by molar-refractivity contribution is 7.90. The normalized spacial score (nSPS) is 12.2. The van der Waals surface area contributed by atoms with Crippen molar-refractivity contribution in [3.05, 3.63) is 76.8 Å². The Balaban J connectivity index is 1.98. The van der Waals surface area contributed by atoms with Crippen LogP contribution in [0.3, 0.4) is 0 Å². The number of nitroso groups, excluding NO2 is 1. The lowest BCUT2D eigenvalue weighted by molar-refractivity contribution is -0.141. The highest BCUT2D eigenvalue weighted by atomic mass is 32.2. The zero-order valence-corrected chi connectivity index (χ0v) is 19.6. The van der Waals surface area contributed by atoms with Gasteiger partial charge < -0.3 is 15.0 Å². The fourth-order valence-electron chi connectivity index (χ4n) is 3.69. The van der Waals surface area contributed by atoms with E-state index in [9.17, 15) is 28.0 Å². The van der Waals surface area contributed by atoms with Crippen LogP contribution in [0.5, 0.6) is 0 Å². The second kappa shape index (κ2) is 10.4. The van der Waals surface area contributed by atoms with E-state index in [1.807, 2.05) is 47.9 Å². The minimum absolute atomic E-state index is 0.0710. The summed E-state index contributed by atoms with van der Waals surface area (Å²) in [6, 6.07) is 16.6. The first-order valence-electron chi connectivity index (χ1n) is 10.5. The lowest BCUT2D eigenvalue weighted by atomic mass is 10.1. The second-order valence-corrected chi connectivity index (χ2v) is 9.90. The summed E-state index contributed by atoms with van der Waals surface area (Å²) in [6.07, 6.45) is 0.982. The van der Waals surface area contributed by atoms with Gasteiger partial charge in [-0.05, 0) is 48.4 Å². The smallest absolute Gasteiger partial charge is 0.326 e. The molecule has 0 radical (unpaired) electrons. The molecule has 2 N–H and O–H groups in total. The Bertz CT molecular complexity index is 1300. The zero-order chi connectivity index (χ0) is 24.9. The maximum atomic E-state index is 12.6. The number of carboxylic acid groups (broad SMARTS) is 1. The van der Waals surface area contributed by atoms with Gasteiger partial charge in [0.1, 0.15) is 6.04 Å². The van der Waals surface area contributed by atoms with Crippen LogP contribution in [0, 0.1) is 11.8 Å².